The fourth-order valence-corrected chi connectivity index (χ4v) is 4.33. The van der Waals surface area contributed by atoms with Gasteiger partial charge in [0.1, 0.15) is 0 Å². The minimum absolute atomic E-state index is 0.0576. The van der Waals surface area contributed by atoms with Crippen molar-refractivity contribution in [2.24, 2.45) is 0 Å². The molecule has 0 saturated carbocycles. The van der Waals surface area contributed by atoms with Gasteiger partial charge in [-0.25, -0.2) is 13.1 Å². The van der Waals surface area contributed by atoms with Gasteiger partial charge in [0.05, 0.1) is 0 Å². The summed E-state index contributed by atoms with van der Waals surface area (Å²) >= 11 is 0. The molecule has 1 aliphatic rings. The van der Waals surface area contributed by atoms with Crippen LogP contribution in [0.4, 0.5) is 0 Å². The zero-order valence-corrected chi connectivity index (χ0v) is 18.6. The number of benzene rings is 2. The Balaban J connectivity index is 1.35. The lowest BCUT2D eigenvalue weighted by Gasteiger charge is -2.26. The van der Waals surface area contributed by atoms with E-state index in [1.54, 1.807) is 0 Å². The van der Waals surface area contributed by atoms with Gasteiger partial charge in [-0.15, -0.1) is 0 Å². The summed E-state index contributed by atoms with van der Waals surface area (Å²) in [7, 11) is -3.57. The Labute approximate surface area is 185 Å². The molecular weight excluding hydrogens is 410 g/mol. The first kappa shape index (κ1) is 23.2. The summed E-state index contributed by atoms with van der Waals surface area (Å²) < 4.78 is 26.4. The molecule has 2 aromatic rings. The van der Waals surface area contributed by atoms with E-state index in [1.165, 1.54) is 44.0 Å². The van der Waals surface area contributed by atoms with Crippen LogP contribution in [0.3, 0.4) is 0 Å². The van der Waals surface area contributed by atoms with Crippen molar-refractivity contribution in [1.82, 2.24) is 14.9 Å². The predicted octanol–water partition coefficient (Wildman–Crippen LogP) is 3.27. The molecule has 1 amide bonds. The van der Waals surface area contributed by atoms with Crippen LogP contribution in [-0.4, -0.2) is 38.9 Å². The molecule has 31 heavy (non-hydrogen) atoms. The van der Waals surface area contributed by atoms with Crippen LogP contribution >= 0.6 is 0 Å². The van der Waals surface area contributed by atoms with Crippen LogP contribution in [0.1, 0.15) is 42.4 Å². The average molecular weight is 442 g/mol. The van der Waals surface area contributed by atoms with Gasteiger partial charge in [0, 0.05) is 31.5 Å². The minimum atomic E-state index is -3.57. The standard InChI is InChI=1S/C24H31N3O3S/c28-24(13-15-26-31(29,30)18-14-21-7-3-1-4-8-21)25-19-22-9-11-23(12-10-22)20-27-16-5-2-6-17-27/h1,3-4,7-12,14,18,26H,2,5-6,13,15-17,19-20H2,(H,25,28)/b18-14+. The van der Waals surface area contributed by atoms with E-state index in [9.17, 15) is 13.2 Å². The first-order valence-electron chi connectivity index (χ1n) is 10.8. The molecule has 2 aromatic carbocycles. The fourth-order valence-electron chi connectivity index (χ4n) is 3.51. The van der Waals surface area contributed by atoms with Crippen molar-refractivity contribution in [3.63, 3.8) is 0 Å². The van der Waals surface area contributed by atoms with E-state index in [4.69, 9.17) is 0 Å². The van der Waals surface area contributed by atoms with E-state index in [2.05, 4.69) is 27.1 Å². The molecule has 0 unspecified atom stereocenters. The number of likely N-dealkylation sites (tertiary alicyclic amines) is 1. The highest BCUT2D eigenvalue weighted by atomic mass is 32.2. The van der Waals surface area contributed by atoms with Crippen LogP contribution in [0.2, 0.25) is 0 Å². The van der Waals surface area contributed by atoms with E-state index in [0.29, 0.717) is 6.54 Å². The number of carbonyl (C=O) groups excluding carboxylic acids is 1. The topological polar surface area (TPSA) is 78.5 Å². The Morgan fingerprint density at radius 1 is 0.935 bits per heavy atom. The number of nitrogens with one attached hydrogen (secondary N) is 2. The highest BCUT2D eigenvalue weighted by Crippen LogP contribution is 2.13. The summed E-state index contributed by atoms with van der Waals surface area (Å²) in [6.45, 7) is 3.81. The smallest absolute Gasteiger partial charge is 0.233 e. The van der Waals surface area contributed by atoms with E-state index >= 15 is 0 Å². The summed E-state index contributed by atoms with van der Waals surface area (Å²) in [6, 6.07) is 17.5. The summed E-state index contributed by atoms with van der Waals surface area (Å²) in [6.07, 6.45) is 5.51. The van der Waals surface area contributed by atoms with Crippen LogP contribution in [0.5, 0.6) is 0 Å². The maximum atomic E-state index is 12.0. The van der Waals surface area contributed by atoms with E-state index < -0.39 is 10.0 Å². The normalized spacial score (nSPS) is 15.2. The number of sulfonamides is 1. The Kier molecular flexibility index (Phi) is 8.82. The van der Waals surface area contributed by atoms with Crippen LogP contribution in [0, 0.1) is 0 Å². The fraction of sp³-hybridized carbons (Fsp3) is 0.375. The van der Waals surface area contributed by atoms with Crippen molar-refractivity contribution in [3.8, 4) is 0 Å². The second kappa shape index (κ2) is 11.8. The summed E-state index contributed by atoms with van der Waals surface area (Å²) in [5.74, 6) is -0.188. The summed E-state index contributed by atoms with van der Waals surface area (Å²) in [5, 5.41) is 3.96. The number of amides is 1. The molecule has 0 aliphatic carbocycles. The molecule has 0 atom stereocenters. The molecule has 3 rings (SSSR count). The molecule has 7 heteroatoms. The first-order chi connectivity index (χ1) is 15.0. The van der Waals surface area contributed by atoms with Crippen molar-refractivity contribution in [2.45, 2.75) is 38.8 Å². The number of piperidine rings is 1. The molecule has 0 radical (unpaired) electrons. The first-order valence-corrected chi connectivity index (χ1v) is 12.3. The second-order valence-electron chi connectivity index (χ2n) is 7.83. The lowest BCUT2D eigenvalue weighted by Crippen LogP contribution is -2.29. The van der Waals surface area contributed by atoms with Crippen LogP contribution in [0.15, 0.2) is 60.0 Å². The molecule has 1 saturated heterocycles. The lowest BCUT2D eigenvalue weighted by molar-refractivity contribution is -0.121. The van der Waals surface area contributed by atoms with Crippen LogP contribution in [0.25, 0.3) is 6.08 Å². The molecule has 0 bridgehead atoms. The van der Waals surface area contributed by atoms with E-state index in [-0.39, 0.29) is 18.9 Å². The SMILES string of the molecule is O=C(CCNS(=O)(=O)/C=C/c1ccccc1)NCc1ccc(CN2CCCCC2)cc1. The third-order valence-corrected chi connectivity index (χ3v) is 6.36. The molecular formula is C24H31N3O3S. The summed E-state index contributed by atoms with van der Waals surface area (Å²) in [4.78, 5) is 14.5. The average Bonchev–Trinajstić information content (AvgIpc) is 2.79. The van der Waals surface area contributed by atoms with Gasteiger partial charge in [0.25, 0.3) is 0 Å². The van der Waals surface area contributed by atoms with Gasteiger partial charge in [-0.05, 0) is 48.7 Å². The molecule has 6 nitrogen and oxygen atoms in total. The molecule has 0 spiro atoms. The van der Waals surface area contributed by atoms with Gasteiger partial charge in [-0.1, -0.05) is 61.0 Å². The zero-order chi connectivity index (χ0) is 21.9. The Morgan fingerprint density at radius 3 is 2.32 bits per heavy atom. The maximum absolute atomic E-state index is 12.0. The molecule has 1 fully saturated rings. The van der Waals surface area contributed by atoms with Gasteiger partial charge in [-0.3, -0.25) is 9.69 Å². The lowest BCUT2D eigenvalue weighted by atomic mass is 10.1. The number of hydrogen-bond donors (Lipinski definition) is 2. The van der Waals surface area contributed by atoms with Gasteiger partial charge in [0.15, 0.2) is 0 Å². The molecule has 1 aliphatic heterocycles. The van der Waals surface area contributed by atoms with Gasteiger partial charge >= 0.3 is 0 Å². The molecule has 1 heterocycles. The van der Waals surface area contributed by atoms with E-state index in [0.717, 1.165) is 23.1 Å². The van der Waals surface area contributed by atoms with Crippen molar-refractivity contribution in [3.05, 3.63) is 76.7 Å². The van der Waals surface area contributed by atoms with Crippen LogP contribution < -0.4 is 10.0 Å². The van der Waals surface area contributed by atoms with Gasteiger partial charge < -0.3 is 5.32 Å². The predicted molar refractivity (Wildman–Crippen MR) is 124 cm³/mol. The quantitative estimate of drug-likeness (QED) is 0.593. The van der Waals surface area contributed by atoms with Gasteiger partial charge in [-0.2, -0.15) is 0 Å². The third-order valence-electron chi connectivity index (χ3n) is 5.26. The monoisotopic (exact) mass is 441 g/mol. The number of hydrogen-bond acceptors (Lipinski definition) is 4. The third kappa shape index (κ3) is 8.65. The Morgan fingerprint density at radius 2 is 1.61 bits per heavy atom. The Hall–Kier alpha value is -2.48. The summed E-state index contributed by atoms with van der Waals surface area (Å²) in [5.41, 5.74) is 3.12. The molecule has 0 aromatic heterocycles. The Bertz CT molecular complexity index is 951. The maximum Gasteiger partial charge on any atom is 0.233 e. The number of rotatable bonds is 10. The number of nitrogens with zero attached hydrogens (tertiary/aromatic N) is 1. The molecule has 2 N–H and O–H groups in total. The zero-order valence-electron chi connectivity index (χ0n) is 17.8. The van der Waals surface area contributed by atoms with Gasteiger partial charge in [0.2, 0.25) is 15.9 Å². The van der Waals surface area contributed by atoms with Crippen molar-refractivity contribution in [1.29, 1.82) is 0 Å². The highest BCUT2D eigenvalue weighted by molar-refractivity contribution is 7.92. The van der Waals surface area contributed by atoms with Crippen molar-refractivity contribution in [2.75, 3.05) is 19.6 Å². The van der Waals surface area contributed by atoms with Crippen LogP contribution in [-0.2, 0) is 27.9 Å². The molecule has 166 valence electrons. The minimum Gasteiger partial charge on any atom is -0.352 e. The second-order valence-corrected chi connectivity index (χ2v) is 9.48. The van der Waals surface area contributed by atoms with Crippen molar-refractivity contribution >= 4 is 22.0 Å². The highest BCUT2D eigenvalue weighted by Gasteiger charge is 2.10. The largest absolute Gasteiger partial charge is 0.352 e. The van der Waals surface area contributed by atoms with Crippen molar-refractivity contribution < 1.29 is 13.2 Å². The number of carbonyl (C=O) groups is 1. The van der Waals surface area contributed by atoms with E-state index in [1.807, 2.05) is 42.5 Å².